The van der Waals surface area contributed by atoms with E-state index in [1.165, 1.54) is 0 Å². The predicted octanol–water partition coefficient (Wildman–Crippen LogP) is 4.52. The van der Waals surface area contributed by atoms with Crippen LogP contribution in [0.2, 0.25) is 5.04 Å². The van der Waals surface area contributed by atoms with Gasteiger partial charge in [-0.2, -0.15) is 4.98 Å². The second-order valence-corrected chi connectivity index (χ2v) is 14.7. The zero-order chi connectivity index (χ0) is 25.0. The number of nitrogens with zero attached hydrogens (tertiary/aromatic N) is 2. The molecule has 7 nitrogen and oxygen atoms in total. The van der Waals surface area contributed by atoms with Crippen LogP contribution < -0.4 is 15.7 Å². The molecular weight excluding hydrogens is 446 g/mol. The number of aryl methyl sites for hydroxylation is 1. The Hall–Kier alpha value is -2.97. The van der Waals surface area contributed by atoms with Crippen LogP contribution in [0.25, 0.3) is 0 Å². The first-order chi connectivity index (χ1) is 15.9. The number of carbonyl (C=O) groups is 1. The predicted molar refractivity (Wildman–Crippen MR) is 135 cm³/mol. The average Bonchev–Trinajstić information content (AvgIpc) is 3.19. The maximum absolute atomic E-state index is 12.6. The summed E-state index contributed by atoms with van der Waals surface area (Å²) in [5.41, 5.74) is -0.641. The van der Waals surface area contributed by atoms with Crippen LogP contribution in [-0.4, -0.2) is 36.8 Å². The molecule has 0 bridgehead atoms. The fourth-order valence-corrected chi connectivity index (χ4v) is 8.62. The van der Waals surface area contributed by atoms with Crippen molar-refractivity contribution in [1.82, 2.24) is 15.5 Å². The van der Waals surface area contributed by atoms with E-state index < -0.39 is 26.1 Å². The van der Waals surface area contributed by atoms with Crippen LogP contribution in [-0.2, 0) is 9.16 Å². The molecule has 1 N–H and O–H groups in total. The van der Waals surface area contributed by atoms with Crippen molar-refractivity contribution in [3.05, 3.63) is 72.4 Å². The molecular formula is C26H35N3O4Si. The normalized spacial score (nSPS) is 13.4. The van der Waals surface area contributed by atoms with Crippen molar-refractivity contribution >= 4 is 24.8 Å². The molecule has 0 spiro atoms. The highest BCUT2D eigenvalue weighted by Crippen LogP contribution is 2.37. The summed E-state index contributed by atoms with van der Waals surface area (Å²) in [4.78, 5) is 17.0. The second-order valence-electron chi connectivity index (χ2n) is 10.4. The van der Waals surface area contributed by atoms with Gasteiger partial charge in [-0.25, -0.2) is 4.79 Å². The largest absolute Gasteiger partial charge is 0.444 e. The Bertz CT molecular complexity index is 1030. The molecule has 182 valence electrons. The van der Waals surface area contributed by atoms with E-state index in [-0.39, 0.29) is 17.5 Å². The zero-order valence-electron chi connectivity index (χ0n) is 21.1. The average molecular weight is 482 g/mol. The van der Waals surface area contributed by atoms with Gasteiger partial charge in [-0.05, 0) is 43.1 Å². The minimum atomic E-state index is -2.82. The highest BCUT2D eigenvalue weighted by atomic mass is 28.4. The third kappa shape index (κ3) is 5.93. The van der Waals surface area contributed by atoms with Gasteiger partial charge in [0, 0.05) is 0 Å². The lowest BCUT2D eigenvalue weighted by Gasteiger charge is -2.43. The second kappa shape index (κ2) is 10.1. The van der Waals surface area contributed by atoms with Gasteiger partial charge in [0.25, 0.3) is 14.2 Å². The third-order valence-corrected chi connectivity index (χ3v) is 10.4. The zero-order valence-corrected chi connectivity index (χ0v) is 22.1. The van der Waals surface area contributed by atoms with E-state index in [0.29, 0.717) is 5.82 Å². The third-order valence-electron chi connectivity index (χ3n) is 5.42. The van der Waals surface area contributed by atoms with Gasteiger partial charge >= 0.3 is 6.09 Å². The number of aromatic nitrogens is 2. The summed E-state index contributed by atoms with van der Waals surface area (Å²) in [7, 11) is -2.82. The summed E-state index contributed by atoms with van der Waals surface area (Å²) < 4.78 is 17.9. The van der Waals surface area contributed by atoms with Crippen LogP contribution in [0, 0.1) is 6.92 Å². The molecule has 0 aliphatic heterocycles. The number of hydrogen-bond acceptors (Lipinski definition) is 6. The van der Waals surface area contributed by atoms with Gasteiger partial charge in [-0.15, -0.1) is 0 Å². The maximum atomic E-state index is 12.6. The Kier molecular flexibility index (Phi) is 7.63. The summed E-state index contributed by atoms with van der Waals surface area (Å²) >= 11 is 0. The molecule has 0 radical (unpaired) electrons. The van der Waals surface area contributed by atoms with Crippen LogP contribution in [0.4, 0.5) is 4.79 Å². The summed E-state index contributed by atoms with van der Waals surface area (Å²) in [6, 6.07) is 20.0. The summed E-state index contributed by atoms with van der Waals surface area (Å²) in [6.45, 7) is 13.9. The van der Waals surface area contributed by atoms with Crippen molar-refractivity contribution in [3.63, 3.8) is 0 Å². The van der Waals surface area contributed by atoms with Crippen molar-refractivity contribution in [2.45, 2.75) is 65.1 Å². The maximum Gasteiger partial charge on any atom is 0.408 e. The number of rotatable bonds is 7. The van der Waals surface area contributed by atoms with Crippen molar-refractivity contribution < 1.29 is 18.5 Å². The molecule has 3 aromatic rings. The van der Waals surface area contributed by atoms with Crippen molar-refractivity contribution in [3.8, 4) is 0 Å². The molecule has 1 aromatic heterocycles. The van der Waals surface area contributed by atoms with E-state index in [2.05, 4.69) is 60.5 Å². The van der Waals surface area contributed by atoms with Gasteiger partial charge in [-0.1, -0.05) is 86.6 Å². The number of nitrogens with one attached hydrogen (secondary N) is 1. The highest BCUT2D eigenvalue weighted by Gasteiger charge is 2.50. The van der Waals surface area contributed by atoms with E-state index in [1.54, 1.807) is 6.92 Å². The minimum absolute atomic E-state index is 0.147. The van der Waals surface area contributed by atoms with E-state index in [4.69, 9.17) is 13.7 Å². The molecule has 2 aromatic carbocycles. The van der Waals surface area contributed by atoms with Crippen LogP contribution >= 0.6 is 0 Å². The number of hydrogen-bond donors (Lipinski definition) is 1. The molecule has 3 rings (SSSR count). The van der Waals surface area contributed by atoms with Gasteiger partial charge in [0.2, 0.25) is 0 Å². The molecule has 1 heterocycles. The van der Waals surface area contributed by atoms with Gasteiger partial charge in [0.1, 0.15) is 11.6 Å². The topological polar surface area (TPSA) is 86.5 Å². The number of alkyl carbamates (subject to hydrolysis) is 1. The quantitative estimate of drug-likeness (QED) is 0.499. The molecule has 8 heteroatoms. The summed E-state index contributed by atoms with van der Waals surface area (Å²) in [6.07, 6.45) is -0.570. The van der Waals surface area contributed by atoms with Crippen molar-refractivity contribution in [2.75, 3.05) is 6.61 Å². The van der Waals surface area contributed by atoms with Gasteiger partial charge in [-0.3, -0.25) is 0 Å². The molecule has 34 heavy (non-hydrogen) atoms. The fraction of sp³-hybridized carbons (Fsp3) is 0.423. The van der Waals surface area contributed by atoms with Crippen molar-refractivity contribution in [2.24, 2.45) is 0 Å². The van der Waals surface area contributed by atoms with Crippen LogP contribution in [0.15, 0.2) is 65.2 Å². The lowest BCUT2D eigenvalue weighted by molar-refractivity contribution is 0.0471. The number of carbonyl (C=O) groups excluding carboxylic acids is 1. The van der Waals surface area contributed by atoms with Crippen LogP contribution in [0.3, 0.4) is 0 Å². The summed E-state index contributed by atoms with van der Waals surface area (Å²) in [5.74, 6) is 0.762. The smallest absolute Gasteiger partial charge is 0.408 e. The minimum Gasteiger partial charge on any atom is -0.444 e. The van der Waals surface area contributed by atoms with Gasteiger partial charge < -0.3 is 19.0 Å². The standard InChI is InChI=1S/C26H35N3O4Si/c1-19-27-23(33-29-19)22(28-24(30)32-25(2,3)4)18-31-34(26(5,6)7,20-14-10-8-11-15-20)21-16-12-9-13-17-21/h8-17,22H,18H2,1-7H3,(H,28,30)/t22-/m0/s1. The fourth-order valence-electron chi connectivity index (χ4n) is 4.05. The molecule has 0 unspecified atom stereocenters. The molecule has 0 aliphatic rings. The highest BCUT2D eigenvalue weighted by molar-refractivity contribution is 6.99. The molecule has 0 aliphatic carbocycles. The van der Waals surface area contributed by atoms with E-state index in [9.17, 15) is 4.79 Å². The van der Waals surface area contributed by atoms with E-state index >= 15 is 0 Å². The first kappa shape index (κ1) is 25.6. The first-order valence-corrected chi connectivity index (χ1v) is 13.4. The Labute approximate surface area is 203 Å². The number of benzene rings is 2. The van der Waals surface area contributed by atoms with Crippen LogP contribution in [0.1, 0.15) is 59.3 Å². The van der Waals surface area contributed by atoms with E-state index in [1.807, 2.05) is 57.2 Å². The van der Waals surface area contributed by atoms with Crippen molar-refractivity contribution in [1.29, 1.82) is 0 Å². The first-order valence-electron chi connectivity index (χ1n) is 11.5. The lowest BCUT2D eigenvalue weighted by atomic mass is 10.2. The Morgan fingerprint density at radius 1 is 0.971 bits per heavy atom. The summed E-state index contributed by atoms with van der Waals surface area (Å²) in [5, 5.41) is 8.85. The van der Waals surface area contributed by atoms with Gasteiger partial charge in [0.05, 0.1) is 6.61 Å². The Morgan fingerprint density at radius 3 is 1.91 bits per heavy atom. The van der Waals surface area contributed by atoms with Crippen LogP contribution in [0.5, 0.6) is 0 Å². The molecule has 0 fully saturated rings. The SMILES string of the molecule is Cc1noc([C@H](CO[Si](c2ccccc2)(c2ccccc2)C(C)(C)C)NC(=O)OC(C)(C)C)n1. The molecule has 0 saturated carbocycles. The molecule has 0 saturated heterocycles. The number of ether oxygens (including phenoxy) is 1. The molecule has 1 amide bonds. The Morgan fingerprint density at radius 2 is 1.50 bits per heavy atom. The Balaban J connectivity index is 2.02. The van der Waals surface area contributed by atoms with E-state index in [0.717, 1.165) is 10.4 Å². The van der Waals surface area contributed by atoms with Gasteiger partial charge in [0.15, 0.2) is 5.82 Å². The lowest BCUT2D eigenvalue weighted by Crippen LogP contribution is -2.67. The monoisotopic (exact) mass is 481 g/mol. The molecule has 1 atom stereocenters. The number of amides is 1.